The number of phosphoric acid groups is 1. The summed E-state index contributed by atoms with van der Waals surface area (Å²) >= 11 is 0. The molecule has 0 heterocycles. The number of hydrogen-bond donors (Lipinski definition) is 1. The number of hydrogen-bond acceptors (Lipinski definition) is 8. The van der Waals surface area contributed by atoms with E-state index >= 15 is 0 Å². The Morgan fingerprint density at radius 3 is 2.59 bits per heavy atom. The number of aryl methyl sites for hydroxylation is 1. The quantitative estimate of drug-likeness (QED) is 0.0896. The first-order valence-electron chi connectivity index (χ1n) is 14.1. The Balaban J connectivity index is 2.00. The third-order valence-corrected chi connectivity index (χ3v) is 8.84. The summed E-state index contributed by atoms with van der Waals surface area (Å²) in [4.78, 5) is 26.3. The third kappa shape index (κ3) is 8.27. The van der Waals surface area contributed by atoms with Crippen molar-refractivity contribution < 1.29 is 37.9 Å². The topological polar surface area (TPSA) is 114 Å². The van der Waals surface area contributed by atoms with E-state index in [9.17, 15) is 19.4 Å². The van der Waals surface area contributed by atoms with Gasteiger partial charge in [0.1, 0.15) is 11.5 Å². The van der Waals surface area contributed by atoms with Crippen LogP contribution in [0.2, 0.25) is 0 Å². The summed E-state index contributed by atoms with van der Waals surface area (Å²) in [5, 5.41) is 11.3. The lowest BCUT2D eigenvalue weighted by Gasteiger charge is -2.35. The predicted molar refractivity (Wildman–Crippen MR) is 149 cm³/mol. The molecule has 0 spiro atoms. The molecule has 1 N–H and O–H groups in total. The molecule has 1 aromatic rings. The second-order valence-electron chi connectivity index (χ2n) is 11.0. The standard InChI is InChI=1S/C30H45O8P/c1-6-7-8-11-23-19-26(31)28(25-18-22(4)12-13-24(25)21(2)3)27(20-23)37-29(32)30(14-9-10-15-30)38-39(33,34)36-17-16-35-5/h18-20,24-25,31H,2,6-17H2,1,3-5H3,(H,33,34)/p-1/t24-,25+/m0/s1. The largest absolute Gasteiger partial charge is 0.756 e. The van der Waals surface area contributed by atoms with Gasteiger partial charge in [0.15, 0.2) is 5.60 Å². The lowest BCUT2D eigenvalue weighted by molar-refractivity contribution is -0.238. The van der Waals surface area contributed by atoms with Gasteiger partial charge in [-0.15, -0.1) is 0 Å². The number of rotatable bonds is 14. The average molecular weight is 564 g/mol. The van der Waals surface area contributed by atoms with Crippen molar-refractivity contribution in [1.82, 2.24) is 0 Å². The number of benzene rings is 1. The minimum absolute atomic E-state index is 0.0628. The molecule has 1 aromatic carbocycles. The second kappa shape index (κ2) is 14.1. The number of ether oxygens (including phenoxy) is 2. The van der Waals surface area contributed by atoms with Crippen LogP contribution in [0.5, 0.6) is 11.5 Å². The molecule has 0 aromatic heterocycles. The van der Waals surface area contributed by atoms with E-state index in [-0.39, 0.29) is 49.4 Å². The fourth-order valence-electron chi connectivity index (χ4n) is 5.66. The first-order valence-corrected chi connectivity index (χ1v) is 15.5. The fraction of sp³-hybridized carbons (Fsp3) is 0.633. The van der Waals surface area contributed by atoms with Crippen LogP contribution in [0.1, 0.15) is 95.6 Å². The molecule has 2 aliphatic carbocycles. The van der Waals surface area contributed by atoms with Crippen molar-refractivity contribution in [3.8, 4) is 11.5 Å². The van der Waals surface area contributed by atoms with E-state index in [1.165, 1.54) is 12.7 Å². The molecule has 1 unspecified atom stereocenters. The van der Waals surface area contributed by atoms with Gasteiger partial charge in [0, 0.05) is 18.6 Å². The van der Waals surface area contributed by atoms with Gasteiger partial charge in [0.25, 0.3) is 7.82 Å². The molecule has 218 valence electrons. The maximum absolute atomic E-state index is 13.7. The van der Waals surface area contributed by atoms with Crippen molar-refractivity contribution in [2.24, 2.45) is 5.92 Å². The van der Waals surface area contributed by atoms with Crippen LogP contribution in [0.15, 0.2) is 35.9 Å². The fourth-order valence-corrected chi connectivity index (χ4v) is 6.70. The summed E-state index contributed by atoms with van der Waals surface area (Å²) in [6.07, 6.45) is 9.29. The predicted octanol–water partition coefficient (Wildman–Crippen LogP) is 6.51. The molecule has 39 heavy (non-hydrogen) atoms. The van der Waals surface area contributed by atoms with Crippen LogP contribution in [0.4, 0.5) is 0 Å². The zero-order valence-corrected chi connectivity index (χ0v) is 24.7. The average Bonchev–Trinajstić information content (AvgIpc) is 3.33. The first kappa shape index (κ1) is 31.6. The van der Waals surface area contributed by atoms with Crippen LogP contribution in [0.3, 0.4) is 0 Å². The molecule has 0 aliphatic heterocycles. The molecular weight excluding hydrogens is 519 g/mol. The molecular formula is C30H44O8P-. The van der Waals surface area contributed by atoms with E-state index in [1.54, 1.807) is 6.07 Å². The van der Waals surface area contributed by atoms with Gasteiger partial charge in [-0.1, -0.05) is 43.6 Å². The van der Waals surface area contributed by atoms with E-state index in [4.69, 9.17) is 18.5 Å². The van der Waals surface area contributed by atoms with Gasteiger partial charge in [0.2, 0.25) is 0 Å². The van der Waals surface area contributed by atoms with Crippen molar-refractivity contribution in [2.75, 3.05) is 20.3 Å². The molecule has 1 fully saturated rings. The number of carbonyl (C=O) groups excluding carboxylic acids is 1. The summed E-state index contributed by atoms with van der Waals surface area (Å²) in [6, 6.07) is 3.57. The number of esters is 1. The summed E-state index contributed by atoms with van der Waals surface area (Å²) in [7, 11) is -3.37. The monoisotopic (exact) mass is 563 g/mol. The van der Waals surface area contributed by atoms with Gasteiger partial charge < -0.3 is 24.0 Å². The zero-order chi connectivity index (χ0) is 28.6. The van der Waals surface area contributed by atoms with Crippen molar-refractivity contribution >= 4 is 13.8 Å². The van der Waals surface area contributed by atoms with E-state index in [0.717, 1.165) is 49.7 Å². The lowest BCUT2D eigenvalue weighted by atomic mass is 9.73. The third-order valence-electron chi connectivity index (χ3n) is 7.77. The molecule has 0 radical (unpaired) electrons. The van der Waals surface area contributed by atoms with Crippen LogP contribution in [0.25, 0.3) is 0 Å². The van der Waals surface area contributed by atoms with E-state index in [2.05, 4.69) is 26.5 Å². The number of allylic oxidation sites excluding steroid dienone is 3. The van der Waals surface area contributed by atoms with Crippen LogP contribution in [0, 0.1) is 5.92 Å². The Kier molecular flexibility index (Phi) is 11.4. The van der Waals surface area contributed by atoms with Crippen molar-refractivity contribution in [1.29, 1.82) is 0 Å². The number of phenols is 1. The Morgan fingerprint density at radius 1 is 1.23 bits per heavy atom. The molecule has 1 saturated carbocycles. The molecule has 0 bridgehead atoms. The highest BCUT2D eigenvalue weighted by atomic mass is 31.2. The van der Waals surface area contributed by atoms with E-state index < -0.39 is 19.4 Å². The van der Waals surface area contributed by atoms with Crippen molar-refractivity contribution in [2.45, 2.75) is 96.5 Å². The molecule has 0 saturated heterocycles. The summed E-state index contributed by atoms with van der Waals surface area (Å²) in [5.41, 5.74) is 1.88. The number of methoxy groups -OCH3 is 1. The van der Waals surface area contributed by atoms with Crippen LogP contribution in [-0.2, 0) is 29.6 Å². The Bertz CT molecular complexity index is 1090. The Labute approximate surface area is 233 Å². The molecule has 0 amide bonds. The SMILES string of the molecule is C=C(C)[C@@H]1CCC(C)=C[C@H]1c1c(O)cc(CCCCC)cc1OC(=O)C1(OP(=O)([O-])OCCOC)CCCC1. The van der Waals surface area contributed by atoms with E-state index in [1.807, 2.05) is 13.0 Å². The highest BCUT2D eigenvalue weighted by Gasteiger charge is 2.47. The summed E-state index contributed by atoms with van der Waals surface area (Å²) in [5.74, 6) is -0.651. The van der Waals surface area contributed by atoms with E-state index in [0.29, 0.717) is 18.4 Å². The van der Waals surface area contributed by atoms with Gasteiger partial charge in [-0.05, 0) is 88.8 Å². The number of unbranched alkanes of at least 4 members (excludes halogenated alkanes) is 2. The minimum atomic E-state index is -4.80. The maximum Gasteiger partial charge on any atom is 0.344 e. The number of aromatic hydroxyl groups is 1. The number of phenolic OH excluding ortho intramolecular Hbond substituents is 1. The smallest absolute Gasteiger partial charge is 0.344 e. The highest BCUT2D eigenvalue weighted by Crippen LogP contribution is 2.51. The van der Waals surface area contributed by atoms with Crippen LogP contribution in [-0.4, -0.2) is 37.0 Å². The van der Waals surface area contributed by atoms with Gasteiger partial charge in [0.05, 0.1) is 13.2 Å². The zero-order valence-electron chi connectivity index (χ0n) is 23.8. The molecule has 3 atom stereocenters. The van der Waals surface area contributed by atoms with Crippen molar-refractivity contribution in [3.05, 3.63) is 47.1 Å². The molecule has 3 rings (SSSR count). The van der Waals surface area contributed by atoms with Gasteiger partial charge >= 0.3 is 5.97 Å². The number of carbonyl (C=O) groups is 1. The van der Waals surface area contributed by atoms with Crippen LogP contribution >= 0.6 is 7.82 Å². The maximum atomic E-state index is 13.7. The van der Waals surface area contributed by atoms with Crippen molar-refractivity contribution in [3.63, 3.8) is 0 Å². The first-order chi connectivity index (χ1) is 18.5. The van der Waals surface area contributed by atoms with Gasteiger partial charge in [-0.25, -0.2) is 4.79 Å². The second-order valence-corrected chi connectivity index (χ2v) is 12.3. The summed E-state index contributed by atoms with van der Waals surface area (Å²) < 4.78 is 33.8. The lowest BCUT2D eigenvalue weighted by Crippen LogP contribution is -2.42. The summed E-state index contributed by atoms with van der Waals surface area (Å²) in [6.45, 7) is 10.2. The molecule has 2 aliphatic rings. The van der Waals surface area contributed by atoms with Gasteiger partial charge in [-0.3, -0.25) is 9.09 Å². The Hall–Kier alpha value is -1.96. The van der Waals surface area contributed by atoms with Gasteiger partial charge in [-0.2, -0.15) is 0 Å². The normalized spacial score (nSPS) is 22.2. The number of phosphoric ester groups is 1. The van der Waals surface area contributed by atoms with Crippen LogP contribution < -0.4 is 9.63 Å². The highest BCUT2D eigenvalue weighted by molar-refractivity contribution is 7.46. The Morgan fingerprint density at radius 2 is 1.95 bits per heavy atom. The molecule has 8 nitrogen and oxygen atoms in total. The minimum Gasteiger partial charge on any atom is -0.756 e. The molecule has 9 heteroatoms.